The van der Waals surface area contributed by atoms with Crippen LogP contribution in [0.15, 0.2) is 24.3 Å². The van der Waals surface area contributed by atoms with Crippen molar-refractivity contribution >= 4 is 16.8 Å². The normalized spacial score (nSPS) is 20.8. The van der Waals surface area contributed by atoms with Crippen LogP contribution in [0, 0.1) is 5.92 Å². The number of hydrogen-bond donors (Lipinski definition) is 1. The maximum Gasteiger partial charge on any atom is 0.236 e. The number of carbonyl (C=O) groups excluding carboxylic acids is 1. The van der Waals surface area contributed by atoms with E-state index in [1.807, 2.05) is 0 Å². The summed E-state index contributed by atoms with van der Waals surface area (Å²) in [6.45, 7) is 9.04. The predicted octanol–water partition coefficient (Wildman–Crippen LogP) is 3.64. The molecule has 2 aliphatic heterocycles. The number of aromatic amines is 1. The number of para-hydroxylation sites is 1. The fourth-order valence-electron chi connectivity index (χ4n) is 5.50. The van der Waals surface area contributed by atoms with Gasteiger partial charge >= 0.3 is 0 Å². The molecule has 30 heavy (non-hydrogen) atoms. The Morgan fingerprint density at radius 2 is 1.93 bits per heavy atom. The summed E-state index contributed by atoms with van der Waals surface area (Å²) in [5.74, 6) is 1.27. The van der Waals surface area contributed by atoms with Gasteiger partial charge in [-0.2, -0.15) is 0 Å². The first-order chi connectivity index (χ1) is 14.7. The van der Waals surface area contributed by atoms with Gasteiger partial charge in [-0.05, 0) is 62.6 Å². The van der Waals surface area contributed by atoms with Crippen LogP contribution in [-0.2, 0) is 17.8 Å². The van der Waals surface area contributed by atoms with E-state index >= 15 is 0 Å². The highest BCUT2D eigenvalue weighted by molar-refractivity contribution is 5.85. The molecule has 0 atom stereocenters. The lowest BCUT2D eigenvalue weighted by molar-refractivity contribution is -0.134. The number of nitrogens with zero attached hydrogens (tertiary/aromatic N) is 3. The van der Waals surface area contributed by atoms with Crippen molar-refractivity contribution in [3.63, 3.8) is 0 Å². The third-order valence-corrected chi connectivity index (χ3v) is 7.35. The number of piperidine rings is 1. The van der Waals surface area contributed by atoms with Crippen molar-refractivity contribution in [2.45, 2.75) is 58.0 Å². The Balaban J connectivity index is 1.14. The maximum atomic E-state index is 13.0. The van der Waals surface area contributed by atoms with E-state index in [-0.39, 0.29) is 0 Å². The van der Waals surface area contributed by atoms with E-state index in [4.69, 9.17) is 0 Å². The molecule has 3 heterocycles. The van der Waals surface area contributed by atoms with Crippen molar-refractivity contribution in [3.8, 4) is 0 Å². The monoisotopic (exact) mass is 408 g/mol. The molecule has 1 aromatic carbocycles. The largest absolute Gasteiger partial charge is 0.357 e. The zero-order chi connectivity index (χ0) is 20.5. The summed E-state index contributed by atoms with van der Waals surface area (Å²) in [5, 5.41) is 1.35. The first kappa shape index (κ1) is 20.1. The quantitative estimate of drug-likeness (QED) is 0.761. The Morgan fingerprint density at radius 3 is 2.70 bits per heavy atom. The van der Waals surface area contributed by atoms with Gasteiger partial charge in [-0.1, -0.05) is 25.1 Å². The second-order valence-corrected chi connectivity index (χ2v) is 9.64. The van der Waals surface area contributed by atoms with Gasteiger partial charge in [0.25, 0.3) is 0 Å². The minimum atomic E-state index is 0.317. The molecular formula is C25H36N4O. The van der Waals surface area contributed by atoms with Crippen molar-refractivity contribution in [3.05, 3.63) is 35.5 Å². The molecule has 0 radical (unpaired) electrons. The molecule has 1 aliphatic carbocycles. The Hall–Kier alpha value is -1.85. The van der Waals surface area contributed by atoms with Crippen LogP contribution in [0.5, 0.6) is 0 Å². The van der Waals surface area contributed by atoms with Crippen LogP contribution in [0.3, 0.4) is 0 Å². The molecule has 5 nitrogen and oxygen atoms in total. The number of nitrogens with one attached hydrogen (secondary N) is 1. The second kappa shape index (κ2) is 8.72. The number of H-pyrrole nitrogens is 1. The number of rotatable bonds is 7. The lowest BCUT2D eigenvalue weighted by Crippen LogP contribution is -2.50. The van der Waals surface area contributed by atoms with Crippen molar-refractivity contribution < 1.29 is 4.79 Å². The van der Waals surface area contributed by atoms with Crippen molar-refractivity contribution in [1.29, 1.82) is 0 Å². The van der Waals surface area contributed by atoms with Gasteiger partial charge in [0.05, 0.1) is 6.54 Å². The van der Waals surface area contributed by atoms with E-state index in [0.717, 1.165) is 51.4 Å². The number of carbonyl (C=O) groups is 1. The molecule has 2 fully saturated rings. The van der Waals surface area contributed by atoms with Crippen molar-refractivity contribution in [2.75, 3.05) is 39.3 Å². The molecular weight excluding hydrogens is 372 g/mol. The average molecular weight is 409 g/mol. The zero-order valence-electron chi connectivity index (χ0n) is 18.4. The van der Waals surface area contributed by atoms with Crippen molar-refractivity contribution in [2.24, 2.45) is 5.92 Å². The van der Waals surface area contributed by atoms with Crippen LogP contribution in [0.1, 0.15) is 50.3 Å². The molecule has 0 spiro atoms. The third-order valence-electron chi connectivity index (χ3n) is 7.35. The van der Waals surface area contributed by atoms with Gasteiger partial charge in [-0.15, -0.1) is 0 Å². The Labute approximate surface area is 180 Å². The van der Waals surface area contributed by atoms with E-state index in [1.54, 1.807) is 0 Å². The Kier molecular flexibility index (Phi) is 5.83. The summed E-state index contributed by atoms with van der Waals surface area (Å²) in [7, 11) is 0. The minimum Gasteiger partial charge on any atom is -0.357 e. The minimum absolute atomic E-state index is 0.317. The smallest absolute Gasteiger partial charge is 0.236 e. The molecule has 1 aromatic heterocycles. The zero-order valence-corrected chi connectivity index (χ0v) is 18.4. The highest BCUT2D eigenvalue weighted by Crippen LogP contribution is 2.32. The third kappa shape index (κ3) is 4.28. The van der Waals surface area contributed by atoms with Gasteiger partial charge < -0.3 is 9.88 Å². The number of likely N-dealkylation sites (tertiary alicyclic amines) is 1. The first-order valence-electron chi connectivity index (χ1n) is 12.0. The highest BCUT2D eigenvalue weighted by Gasteiger charge is 2.31. The molecule has 0 unspecified atom stereocenters. The van der Waals surface area contributed by atoms with Crippen LogP contribution < -0.4 is 0 Å². The van der Waals surface area contributed by atoms with E-state index in [2.05, 4.69) is 50.9 Å². The standard InChI is InChI=1S/C25H36N4O/c1-2-12-29(16-19-7-8-19)20-9-14-28(15-10-20)25(30)18-27-13-11-22-21-5-3-4-6-23(21)26-24(22)17-27/h3-6,19-20,26H,2,7-18H2,1H3. The van der Waals surface area contributed by atoms with E-state index in [0.29, 0.717) is 18.5 Å². The molecule has 1 amide bonds. The number of hydrogen-bond acceptors (Lipinski definition) is 3. The summed E-state index contributed by atoms with van der Waals surface area (Å²) in [6, 6.07) is 9.24. The van der Waals surface area contributed by atoms with Crippen LogP contribution in [0.25, 0.3) is 10.9 Å². The molecule has 1 saturated heterocycles. The predicted molar refractivity (Wildman–Crippen MR) is 121 cm³/mol. The number of amides is 1. The molecule has 5 rings (SSSR count). The summed E-state index contributed by atoms with van der Waals surface area (Å²) < 4.78 is 0. The van der Waals surface area contributed by atoms with Gasteiger partial charge in [-0.3, -0.25) is 14.6 Å². The maximum absolute atomic E-state index is 13.0. The van der Waals surface area contributed by atoms with Crippen LogP contribution in [0.4, 0.5) is 0 Å². The molecule has 162 valence electrons. The Morgan fingerprint density at radius 1 is 1.13 bits per heavy atom. The summed E-state index contributed by atoms with van der Waals surface area (Å²) in [6.07, 6.45) is 7.39. The number of benzene rings is 1. The van der Waals surface area contributed by atoms with Gasteiger partial charge in [0.1, 0.15) is 0 Å². The lowest BCUT2D eigenvalue weighted by Gasteiger charge is -2.39. The first-order valence-corrected chi connectivity index (χ1v) is 12.0. The molecule has 3 aliphatic rings. The molecule has 0 bridgehead atoms. The SMILES string of the molecule is CCCN(CC1CC1)C1CCN(C(=O)CN2CCc3c([nH]c4ccccc34)C2)CC1. The van der Waals surface area contributed by atoms with Gasteiger partial charge in [-0.25, -0.2) is 0 Å². The van der Waals surface area contributed by atoms with Crippen LogP contribution >= 0.6 is 0 Å². The van der Waals surface area contributed by atoms with Crippen LogP contribution in [0.2, 0.25) is 0 Å². The summed E-state index contributed by atoms with van der Waals surface area (Å²) >= 11 is 0. The summed E-state index contributed by atoms with van der Waals surface area (Å²) in [5.41, 5.74) is 3.96. The summed E-state index contributed by atoms with van der Waals surface area (Å²) in [4.78, 5) is 23.7. The fraction of sp³-hybridized carbons (Fsp3) is 0.640. The van der Waals surface area contributed by atoms with Crippen LogP contribution in [-0.4, -0.2) is 70.9 Å². The van der Waals surface area contributed by atoms with Gasteiger partial charge in [0.15, 0.2) is 0 Å². The molecule has 1 saturated carbocycles. The van der Waals surface area contributed by atoms with Gasteiger partial charge in [0.2, 0.25) is 5.91 Å². The fourth-order valence-corrected chi connectivity index (χ4v) is 5.50. The molecule has 1 N–H and O–H groups in total. The van der Waals surface area contributed by atoms with E-state index < -0.39 is 0 Å². The second-order valence-electron chi connectivity index (χ2n) is 9.64. The van der Waals surface area contributed by atoms with Gasteiger partial charge in [0, 0.05) is 55.4 Å². The molecule has 5 heteroatoms. The topological polar surface area (TPSA) is 42.6 Å². The molecule has 2 aromatic rings. The average Bonchev–Trinajstić information content (AvgIpc) is 3.51. The number of aromatic nitrogens is 1. The highest BCUT2D eigenvalue weighted by atomic mass is 16.2. The number of fused-ring (bicyclic) bond motifs is 3. The van der Waals surface area contributed by atoms with E-state index in [9.17, 15) is 4.79 Å². The lowest BCUT2D eigenvalue weighted by atomic mass is 10.0. The van der Waals surface area contributed by atoms with E-state index in [1.165, 1.54) is 54.5 Å². The van der Waals surface area contributed by atoms with Crippen molar-refractivity contribution in [1.82, 2.24) is 19.7 Å². The Bertz CT molecular complexity index is 878.